The molecule has 0 radical (unpaired) electrons. The molecule has 1 aliphatic heterocycles. The Morgan fingerprint density at radius 3 is 2.60 bits per heavy atom. The largest absolute Gasteiger partial charge is 0.487 e. The number of amides is 2. The maximum Gasteiger partial charge on any atom is 0.338 e. The summed E-state index contributed by atoms with van der Waals surface area (Å²) in [4.78, 5) is 27.0. The number of likely N-dealkylation sites (N-methyl/N-ethyl adjacent to an activating group) is 1. The quantitative estimate of drug-likeness (QED) is 0.699. The topological polar surface area (TPSA) is 67.9 Å². The molecule has 1 N–H and O–H groups in total. The fourth-order valence-corrected chi connectivity index (χ4v) is 3.49. The number of carbonyl (C=O) groups excluding carboxylic acids is 2. The molecule has 0 saturated heterocycles. The minimum absolute atomic E-state index is 0.0769. The zero-order valence-corrected chi connectivity index (χ0v) is 17.9. The minimum atomic E-state index is -0.603. The molecule has 0 fully saturated rings. The average Bonchev–Trinajstić information content (AvgIpc) is 2.74. The van der Waals surface area contributed by atoms with Gasteiger partial charge in [0.05, 0.1) is 23.9 Å². The molecule has 0 saturated carbocycles. The molecule has 6 heteroatoms. The Bertz CT molecular complexity index is 967. The van der Waals surface area contributed by atoms with Crippen molar-refractivity contribution in [2.24, 2.45) is 0 Å². The molecule has 0 unspecified atom stereocenters. The van der Waals surface area contributed by atoms with Crippen LogP contribution in [-0.2, 0) is 16.0 Å². The molecule has 2 aromatic rings. The number of benzene rings is 2. The van der Waals surface area contributed by atoms with E-state index < -0.39 is 12.0 Å². The van der Waals surface area contributed by atoms with E-state index in [4.69, 9.17) is 9.47 Å². The lowest BCUT2D eigenvalue weighted by Gasteiger charge is -2.34. The summed E-state index contributed by atoms with van der Waals surface area (Å²) in [6.07, 6.45) is 0.895. The average molecular weight is 408 g/mol. The van der Waals surface area contributed by atoms with Gasteiger partial charge in [0.15, 0.2) is 0 Å². The van der Waals surface area contributed by atoms with E-state index in [1.807, 2.05) is 55.5 Å². The number of nitrogens with one attached hydrogen (secondary N) is 1. The molecule has 30 heavy (non-hydrogen) atoms. The summed E-state index contributed by atoms with van der Waals surface area (Å²) in [5.74, 6) is 0.230. The molecule has 0 bridgehead atoms. The van der Waals surface area contributed by atoms with E-state index in [-0.39, 0.29) is 19.2 Å². The van der Waals surface area contributed by atoms with E-state index in [1.165, 1.54) is 4.90 Å². The Morgan fingerprint density at radius 2 is 1.90 bits per heavy atom. The van der Waals surface area contributed by atoms with Crippen LogP contribution in [0.5, 0.6) is 5.75 Å². The molecule has 0 aromatic heterocycles. The van der Waals surface area contributed by atoms with Crippen LogP contribution < -0.4 is 10.1 Å². The summed E-state index contributed by atoms with van der Waals surface area (Å²) in [5, 5.41) is 2.92. The number of rotatable bonds is 7. The molecular formula is C24H28N2O4. The highest BCUT2D eigenvalue weighted by Crippen LogP contribution is 2.31. The fraction of sp³-hybridized carbons (Fsp3) is 0.333. The number of aryl methyl sites for hydroxylation is 2. The van der Waals surface area contributed by atoms with Crippen molar-refractivity contribution < 1.29 is 19.1 Å². The number of urea groups is 1. The van der Waals surface area contributed by atoms with Gasteiger partial charge in [-0.15, -0.1) is 0 Å². The Hall–Kier alpha value is -3.28. The smallest absolute Gasteiger partial charge is 0.338 e. The van der Waals surface area contributed by atoms with Crippen LogP contribution in [0.25, 0.3) is 0 Å². The van der Waals surface area contributed by atoms with E-state index in [1.54, 1.807) is 14.0 Å². The second-order valence-electron chi connectivity index (χ2n) is 7.23. The zero-order chi connectivity index (χ0) is 21.7. The lowest BCUT2D eigenvalue weighted by molar-refractivity contribution is -0.139. The first kappa shape index (κ1) is 21.4. The highest BCUT2D eigenvalue weighted by molar-refractivity contribution is 5.95. The van der Waals surface area contributed by atoms with Gasteiger partial charge in [-0.3, -0.25) is 4.90 Å². The van der Waals surface area contributed by atoms with Gasteiger partial charge in [0.25, 0.3) is 0 Å². The molecule has 6 nitrogen and oxygen atoms in total. The molecule has 1 atom stereocenters. The first-order valence-electron chi connectivity index (χ1n) is 10.2. The summed E-state index contributed by atoms with van der Waals surface area (Å²) in [7, 11) is 1.63. The van der Waals surface area contributed by atoms with Crippen molar-refractivity contribution in [3.05, 3.63) is 76.5 Å². The second kappa shape index (κ2) is 9.48. The van der Waals surface area contributed by atoms with Crippen molar-refractivity contribution in [1.82, 2.24) is 10.2 Å². The third-order valence-electron chi connectivity index (χ3n) is 5.13. The van der Waals surface area contributed by atoms with Crippen LogP contribution in [0.4, 0.5) is 4.79 Å². The summed E-state index contributed by atoms with van der Waals surface area (Å²) in [6.45, 7) is 6.13. The fourth-order valence-electron chi connectivity index (χ4n) is 3.49. The van der Waals surface area contributed by atoms with Crippen LogP contribution in [0.2, 0.25) is 0 Å². The monoisotopic (exact) mass is 408 g/mol. The third kappa shape index (κ3) is 4.64. The molecule has 1 aliphatic rings. The molecular weight excluding hydrogens is 380 g/mol. The van der Waals surface area contributed by atoms with E-state index >= 15 is 0 Å². The van der Waals surface area contributed by atoms with Gasteiger partial charge in [-0.2, -0.15) is 0 Å². The van der Waals surface area contributed by atoms with Crippen molar-refractivity contribution in [3.8, 4) is 5.75 Å². The van der Waals surface area contributed by atoms with Crippen LogP contribution in [0, 0.1) is 6.92 Å². The van der Waals surface area contributed by atoms with E-state index in [0.29, 0.717) is 17.0 Å². The predicted molar refractivity (Wildman–Crippen MR) is 115 cm³/mol. The van der Waals surface area contributed by atoms with Crippen molar-refractivity contribution in [2.75, 3.05) is 20.3 Å². The number of carbonyl (C=O) groups is 2. The molecule has 2 aromatic carbocycles. The van der Waals surface area contributed by atoms with Gasteiger partial charge in [-0.05, 0) is 43.5 Å². The summed E-state index contributed by atoms with van der Waals surface area (Å²) >= 11 is 0. The molecule has 3 rings (SSSR count). The minimum Gasteiger partial charge on any atom is -0.487 e. The van der Waals surface area contributed by atoms with Gasteiger partial charge in [-0.25, -0.2) is 9.59 Å². The maximum atomic E-state index is 12.9. The predicted octanol–water partition coefficient (Wildman–Crippen LogP) is 4.15. The van der Waals surface area contributed by atoms with Crippen molar-refractivity contribution in [3.63, 3.8) is 0 Å². The first-order valence-corrected chi connectivity index (χ1v) is 10.2. The number of nitrogens with zero attached hydrogens (tertiary/aromatic N) is 1. The van der Waals surface area contributed by atoms with E-state index in [0.717, 1.165) is 23.1 Å². The summed E-state index contributed by atoms with van der Waals surface area (Å²) in [6, 6.07) is 14.6. The Morgan fingerprint density at radius 1 is 1.13 bits per heavy atom. The van der Waals surface area contributed by atoms with Crippen LogP contribution in [0.1, 0.15) is 36.6 Å². The Kier molecular flexibility index (Phi) is 6.77. The van der Waals surface area contributed by atoms with Crippen LogP contribution in [-0.4, -0.2) is 37.2 Å². The second-order valence-corrected chi connectivity index (χ2v) is 7.23. The summed E-state index contributed by atoms with van der Waals surface area (Å²) in [5.41, 5.74) is 3.89. The van der Waals surface area contributed by atoms with Crippen molar-refractivity contribution >= 4 is 12.0 Å². The SMILES string of the molecule is CCOC(=O)C1=C(COc2cccc(CC)c2)N(C)C(=O)N[C@@H]1c1cccc(C)c1. The van der Waals surface area contributed by atoms with Gasteiger partial charge in [0, 0.05) is 7.05 Å². The molecule has 0 spiro atoms. The number of esters is 1. The summed E-state index contributed by atoms with van der Waals surface area (Å²) < 4.78 is 11.3. The lowest BCUT2D eigenvalue weighted by atomic mass is 9.94. The molecule has 0 aliphatic carbocycles. The van der Waals surface area contributed by atoms with Crippen molar-refractivity contribution in [1.29, 1.82) is 0 Å². The van der Waals surface area contributed by atoms with Gasteiger partial charge >= 0.3 is 12.0 Å². The standard InChI is InChI=1S/C24H28N2O4/c1-5-17-10-8-12-19(14-17)30-15-20-21(23(27)29-6-2)22(25-24(28)26(20)4)18-11-7-9-16(3)13-18/h7-14,22H,5-6,15H2,1-4H3,(H,25,28)/t22-/m1/s1. The van der Waals surface area contributed by atoms with Crippen molar-refractivity contribution in [2.45, 2.75) is 33.2 Å². The molecule has 158 valence electrons. The van der Waals surface area contributed by atoms with Gasteiger partial charge in [-0.1, -0.05) is 48.9 Å². The Labute approximate surface area is 177 Å². The van der Waals surface area contributed by atoms with Crippen LogP contribution in [0.15, 0.2) is 59.8 Å². The normalized spacial score (nSPS) is 16.3. The van der Waals surface area contributed by atoms with Crippen LogP contribution in [0.3, 0.4) is 0 Å². The maximum absolute atomic E-state index is 12.9. The first-order chi connectivity index (χ1) is 14.4. The number of hydrogen-bond donors (Lipinski definition) is 1. The van der Waals surface area contributed by atoms with E-state index in [2.05, 4.69) is 12.2 Å². The van der Waals surface area contributed by atoms with E-state index in [9.17, 15) is 9.59 Å². The molecule has 1 heterocycles. The number of hydrogen-bond acceptors (Lipinski definition) is 4. The highest BCUT2D eigenvalue weighted by atomic mass is 16.5. The third-order valence-corrected chi connectivity index (χ3v) is 5.13. The zero-order valence-electron chi connectivity index (χ0n) is 17.9. The van der Waals surface area contributed by atoms with Gasteiger partial charge in [0.1, 0.15) is 12.4 Å². The number of ether oxygens (including phenoxy) is 2. The van der Waals surface area contributed by atoms with Crippen LogP contribution >= 0.6 is 0 Å². The van der Waals surface area contributed by atoms with Gasteiger partial charge < -0.3 is 14.8 Å². The molecule has 2 amide bonds. The Balaban J connectivity index is 2.02. The highest BCUT2D eigenvalue weighted by Gasteiger charge is 2.37. The van der Waals surface area contributed by atoms with Gasteiger partial charge in [0.2, 0.25) is 0 Å². The lowest BCUT2D eigenvalue weighted by Crippen LogP contribution is -2.48.